The topological polar surface area (TPSA) is 95.4 Å². The molecule has 0 unspecified atom stereocenters. The van der Waals surface area contributed by atoms with Crippen LogP contribution in [0.1, 0.15) is 21.5 Å². The van der Waals surface area contributed by atoms with E-state index in [0.717, 1.165) is 16.7 Å². The van der Waals surface area contributed by atoms with Crippen molar-refractivity contribution in [3.63, 3.8) is 0 Å². The fourth-order valence-corrected chi connectivity index (χ4v) is 3.35. The zero-order valence-corrected chi connectivity index (χ0v) is 16.2. The predicted molar refractivity (Wildman–Crippen MR) is 111 cm³/mol. The monoisotopic (exact) mass is 408 g/mol. The number of H-pyrrole nitrogens is 1. The van der Waals surface area contributed by atoms with E-state index in [1.165, 1.54) is 6.07 Å². The van der Waals surface area contributed by atoms with E-state index < -0.39 is 5.97 Å². The average Bonchev–Trinajstić information content (AvgIpc) is 3.09. The van der Waals surface area contributed by atoms with Gasteiger partial charge in [-0.05, 0) is 47.9 Å². The van der Waals surface area contributed by atoms with Crippen molar-refractivity contribution < 1.29 is 19.7 Å². The first kappa shape index (κ1) is 19.0. The Morgan fingerprint density at radius 1 is 1.14 bits per heavy atom. The van der Waals surface area contributed by atoms with E-state index in [9.17, 15) is 15.0 Å². The van der Waals surface area contributed by atoms with E-state index in [-0.39, 0.29) is 18.2 Å². The number of aliphatic hydroxyl groups is 1. The maximum atomic E-state index is 11.3. The van der Waals surface area contributed by atoms with Crippen LogP contribution >= 0.6 is 11.6 Å². The molecule has 4 rings (SSSR count). The molecule has 0 radical (unpaired) electrons. The number of carboxylic acids is 1. The molecular weight excluding hydrogens is 392 g/mol. The molecule has 0 saturated heterocycles. The second-order valence-corrected chi connectivity index (χ2v) is 7.04. The highest BCUT2D eigenvalue weighted by Crippen LogP contribution is 2.33. The van der Waals surface area contributed by atoms with Crippen LogP contribution in [-0.4, -0.2) is 26.2 Å². The quantitative estimate of drug-likeness (QED) is 0.423. The van der Waals surface area contributed by atoms with Crippen LogP contribution in [0.25, 0.3) is 22.2 Å². The van der Waals surface area contributed by atoms with Crippen molar-refractivity contribution in [3.05, 3.63) is 76.3 Å². The summed E-state index contributed by atoms with van der Waals surface area (Å²) in [5.41, 5.74) is 4.73. The summed E-state index contributed by atoms with van der Waals surface area (Å²) in [6.45, 7) is 1.71. The van der Waals surface area contributed by atoms with Gasteiger partial charge in [-0.15, -0.1) is 0 Å². The molecule has 146 valence electrons. The van der Waals surface area contributed by atoms with Crippen LogP contribution in [0.3, 0.4) is 0 Å². The number of fused-ring (bicyclic) bond motifs is 1. The second kappa shape index (κ2) is 7.58. The SMILES string of the molecule is Cc1ccc(Oc2nc3cc(-c4ccc(CO)cc4)c(Cl)cc3[nH]2)cc1C(=O)O. The standard InChI is InChI=1S/C22H17ClN2O4/c1-12-2-7-15(8-16(12)21(27)28)29-22-24-19-9-17(18(23)10-20(19)25-22)14-5-3-13(11-26)4-6-14/h2-10,26H,11H2,1H3,(H,24,25)(H,27,28). The molecule has 4 aromatic rings. The van der Waals surface area contributed by atoms with Gasteiger partial charge in [0.05, 0.1) is 28.2 Å². The summed E-state index contributed by atoms with van der Waals surface area (Å²) in [5, 5.41) is 19.0. The first-order valence-corrected chi connectivity index (χ1v) is 9.23. The van der Waals surface area contributed by atoms with Gasteiger partial charge >= 0.3 is 5.97 Å². The van der Waals surface area contributed by atoms with Crippen LogP contribution in [0, 0.1) is 6.92 Å². The molecule has 6 nitrogen and oxygen atoms in total. The van der Waals surface area contributed by atoms with Crippen LogP contribution in [0.4, 0.5) is 0 Å². The summed E-state index contributed by atoms with van der Waals surface area (Å²) in [5.74, 6) is -0.640. The van der Waals surface area contributed by atoms with Crippen LogP contribution in [0.15, 0.2) is 54.6 Å². The Morgan fingerprint density at radius 2 is 1.90 bits per heavy atom. The van der Waals surface area contributed by atoms with E-state index in [2.05, 4.69) is 9.97 Å². The number of halogens is 1. The van der Waals surface area contributed by atoms with Gasteiger partial charge in [0.2, 0.25) is 0 Å². The zero-order chi connectivity index (χ0) is 20.5. The molecule has 1 aromatic heterocycles. The number of ether oxygens (including phenoxy) is 1. The van der Waals surface area contributed by atoms with Gasteiger partial charge in [-0.2, -0.15) is 4.98 Å². The number of carbonyl (C=O) groups is 1. The Morgan fingerprint density at radius 3 is 2.59 bits per heavy atom. The summed E-state index contributed by atoms with van der Waals surface area (Å²) in [6, 6.07) is 16.2. The van der Waals surface area contributed by atoms with Crippen molar-refractivity contribution in [2.24, 2.45) is 0 Å². The molecule has 0 saturated carbocycles. The number of nitrogens with one attached hydrogen (secondary N) is 1. The number of aromatic carboxylic acids is 1. The van der Waals surface area contributed by atoms with Gasteiger partial charge in [0.15, 0.2) is 0 Å². The summed E-state index contributed by atoms with van der Waals surface area (Å²) < 4.78 is 5.72. The number of imidazole rings is 1. The van der Waals surface area contributed by atoms with Gasteiger partial charge in [0.1, 0.15) is 5.75 Å². The van der Waals surface area contributed by atoms with E-state index in [4.69, 9.17) is 16.3 Å². The Bertz CT molecular complexity index is 1220. The van der Waals surface area contributed by atoms with Crippen molar-refractivity contribution in [2.75, 3.05) is 0 Å². The van der Waals surface area contributed by atoms with Crippen LogP contribution < -0.4 is 4.74 Å². The Kier molecular flexibility index (Phi) is 4.96. The molecule has 3 N–H and O–H groups in total. The number of benzene rings is 3. The summed E-state index contributed by atoms with van der Waals surface area (Å²) >= 11 is 6.45. The van der Waals surface area contributed by atoms with Crippen molar-refractivity contribution in [1.82, 2.24) is 9.97 Å². The number of aliphatic hydroxyl groups excluding tert-OH is 1. The van der Waals surface area contributed by atoms with Crippen LogP contribution in [0.5, 0.6) is 11.8 Å². The number of aryl methyl sites for hydroxylation is 1. The number of aromatic nitrogens is 2. The van der Waals surface area contributed by atoms with E-state index in [1.54, 1.807) is 25.1 Å². The van der Waals surface area contributed by atoms with Gasteiger partial charge in [0.25, 0.3) is 6.01 Å². The number of carboxylic acid groups (broad SMARTS) is 1. The highest BCUT2D eigenvalue weighted by Gasteiger charge is 2.13. The average molecular weight is 409 g/mol. The third-order valence-electron chi connectivity index (χ3n) is 4.65. The lowest BCUT2D eigenvalue weighted by atomic mass is 10.0. The summed E-state index contributed by atoms with van der Waals surface area (Å²) in [7, 11) is 0. The Balaban J connectivity index is 1.68. The van der Waals surface area contributed by atoms with Crippen molar-refractivity contribution in [1.29, 1.82) is 0 Å². The first-order valence-electron chi connectivity index (χ1n) is 8.86. The maximum Gasteiger partial charge on any atom is 0.336 e. The Hall–Kier alpha value is -3.35. The van der Waals surface area contributed by atoms with Crippen molar-refractivity contribution in [3.8, 4) is 22.9 Å². The molecule has 0 atom stereocenters. The lowest BCUT2D eigenvalue weighted by molar-refractivity contribution is 0.0695. The van der Waals surface area contributed by atoms with Crippen LogP contribution in [-0.2, 0) is 6.61 Å². The molecule has 29 heavy (non-hydrogen) atoms. The number of aromatic amines is 1. The molecule has 1 heterocycles. The highest BCUT2D eigenvalue weighted by molar-refractivity contribution is 6.34. The largest absolute Gasteiger partial charge is 0.478 e. The van der Waals surface area contributed by atoms with Crippen LogP contribution in [0.2, 0.25) is 5.02 Å². The fourth-order valence-electron chi connectivity index (χ4n) is 3.07. The number of rotatable bonds is 5. The van der Waals surface area contributed by atoms with E-state index >= 15 is 0 Å². The molecule has 7 heteroatoms. The first-order chi connectivity index (χ1) is 13.9. The minimum Gasteiger partial charge on any atom is -0.478 e. The van der Waals surface area contributed by atoms with E-state index in [1.807, 2.05) is 30.3 Å². The normalized spacial score (nSPS) is 11.0. The van der Waals surface area contributed by atoms with E-state index in [0.29, 0.717) is 27.4 Å². The Labute approximate surface area is 171 Å². The zero-order valence-electron chi connectivity index (χ0n) is 15.4. The molecule has 0 spiro atoms. The van der Waals surface area contributed by atoms with Gasteiger partial charge in [-0.25, -0.2) is 4.79 Å². The lowest BCUT2D eigenvalue weighted by Crippen LogP contribution is -2.00. The molecule has 0 amide bonds. The molecule has 3 aromatic carbocycles. The van der Waals surface area contributed by atoms with Gasteiger partial charge < -0.3 is 19.9 Å². The van der Waals surface area contributed by atoms with Gasteiger partial charge in [-0.3, -0.25) is 0 Å². The molecule has 0 aliphatic heterocycles. The molecular formula is C22H17ClN2O4. The minimum atomic E-state index is -1.01. The summed E-state index contributed by atoms with van der Waals surface area (Å²) in [6.07, 6.45) is 0. The number of hydrogen-bond acceptors (Lipinski definition) is 4. The minimum absolute atomic E-state index is 0.0181. The smallest absolute Gasteiger partial charge is 0.336 e. The molecule has 0 bridgehead atoms. The third kappa shape index (κ3) is 3.81. The summed E-state index contributed by atoms with van der Waals surface area (Å²) in [4.78, 5) is 18.8. The predicted octanol–water partition coefficient (Wildman–Crippen LogP) is 5.17. The number of hydrogen-bond donors (Lipinski definition) is 3. The lowest BCUT2D eigenvalue weighted by Gasteiger charge is -2.05. The molecule has 0 aliphatic carbocycles. The maximum absolute atomic E-state index is 11.3. The second-order valence-electron chi connectivity index (χ2n) is 6.63. The third-order valence-corrected chi connectivity index (χ3v) is 4.96. The number of nitrogens with zero attached hydrogens (tertiary/aromatic N) is 1. The van der Waals surface area contributed by atoms with Gasteiger partial charge in [0, 0.05) is 5.56 Å². The fraction of sp³-hybridized carbons (Fsp3) is 0.0909. The van der Waals surface area contributed by atoms with Crippen molar-refractivity contribution in [2.45, 2.75) is 13.5 Å². The van der Waals surface area contributed by atoms with Gasteiger partial charge in [-0.1, -0.05) is 41.9 Å². The highest BCUT2D eigenvalue weighted by atomic mass is 35.5. The molecule has 0 aliphatic rings. The van der Waals surface area contributed by atoms with Crippen molar-refractivity contribution >= 4 is 28.6 Å². The molecule has 0 fully saturated rings.